The Morgan fingerprint density at radius 2 is 2.09 bits per heavy atom. The Morgan fingerprint density at radius 3 is 2.83 bits per heavy atom. The molecule has 1 aliphatic carbocycles. The smallest absolute Gasteiger partial charge is 0.238 e. The number of aryl methyl sites for hydroxylation is 1. The fraction of sp³-hybridized carbons (Fsp3) is 0.278. The number of para-hydroxylation sites is 1. The van der Waals surface area contributed by atoms with E-state index in [1.165, 1.54) is 0 Å². The van der Waals surface area contributed by atoms with Crippen LogP contribution in [0.1, 0.15) is 17.7 Å². The molecular formula is C18H17N3O2. The number of hydrogen-bond acceptors (Lipinski definition) is 3. The Bertz CT molecular complexity index is 815. The lowest BCUT2D eigenvalue weighted by atomic mass is 9.94. The van der Waals surface area contributed by atoms with Gasteiger partial charge in [-0.25, -0.2) is 0 Å². The minimum Gasteiger partial charge on any atom is -0.324 e. The zero-order chi connectivity index (χ0) is 16.2. The van der Waals surface area contributed by atoms with Crippen molar-refractivity contribution in [2.45, 2.75) is 18.8 Å². The maximum Gasteiger partial charge on any atom is 0.238 e. The summed E-state index contributed by atoms with van der Waals surface area (Å²) >= 11 is 0. The van der Waals surface area contributed by atoms with Crippen molar-refractivity contribution in [2.24, 2.45) is 5.92 Å². The van der Waals surface area contributed by atoms with E-state index in [1.54, 1.807) is 18.1 Å². The number of rotatable bonds is 2. The minimum atomic E-state index is -0.673. The summed E-state index contributed by atoms with van der Waals surface area (Å²) in [6.45, 7) is 1.89. The molecule has 23 heavy (non-hydrogen) atoms. The number of anilines is 2. The molecule has 0 radical (unpaired) electrons. The Kier molecular flexibility index (Phi) is 2.82. The van der Waals surface area contributed by atoms with Crippen LogP contribution in [-0.2, 0) is 15.0 Å². The molecule has 1 aliphatic heterocycles. The van der Waals surface area contributed by atoms with Crippen LogP contribution in [0.4, 0.5) is 11.4 Å². The average Bonchev–Trinajstić information content (AvgIpc) is 3.28. The van der Waals surface area contributed by atoms with E-state index in [2.05, 4.69) is 10.3 Å². The first-order valence-corrected chi connectivity index (χ1v) is 7.65. The predicted octanol–water partition coefficient (Wildman–Crippen LogP) is 2.26. The predicted molar refractivity (Wildman–Crippen MR) is 87.2 cm³/mol. The Hall–Kier alpha value is -2.69. The first-order chi connectivity index (χ1) is 11.0. The van der Waals surface area contributed by atoms with E-state index in [1.807, 2.05) is 43.3 Å². The van der Waals surface area contributed by atoms with Crippen LogP contribution >= 0.6 is 0 Å². The molecule has 0 saturated heterocycles. The Labute approximate surface area is 134 Å². The molecule has 0 bridgehead atoms. The molecule has 1 N–H and O–H groups in total. The summed E-state index contributed by atoms with van der Waals surface area (Å²) in [6, 6.07) is 11.4. The van der Waals surface area contributed by atoms with Crippen molar-refractivity contribution in [3.05, 3.63) is 53.9 Å². The number of likely N-dealkylation sites (N-methyl/N-ethyl adjacent to an activating group) is 1. The SMILES string of the molecule is Cc1ccc(NC(=O)C2CC23C(=O)N(C)c2ccccc23)cn1. The molecule has 2 atom stereocenters. The highest BCUT2D eigenvalue weighted by molar-refractivity contribution is 6.15. The number of pyridine rings is 1. The van der Waals surface area contributed by atoms with Crippen LogP contribution in [0, 0.1) is 12.8 Å². The van der Waals surface area contributed by atoms with E-state index in [-0.39, 0.29) is 17.7 Å². The quantitative estimate of drug-likeness (QED) is 0.925. The van der Waals surface area contributed by atoms with Crippen molar-refractivity contribution in [1.82, 2.24) is 4.98 Å². The number of benzene rings is 1. The fourth-order valence-corrected chi connectivity index (χ4v) is 3.55. The van der Waals surface area contributed by atoms with Crippen LogP contribution in [0.5, 0.6) is 0 Å². The van der Waals surface area contributed by atoms with Crippen molar-refractivity contribution >= 4 is 23.2 Å². The zero-order valence-corrected chi connectivity index (χ0v) is 13.0. The molecule has 1 aromatic heterocycles. The van der Waals surface area contributed by atoms with E-state index >= 15 is 0 Å². The number of fused-ring (bicyclic) bond motifs is 2. The molecule has 4 rings (SSSR count). The number of aromatic nitrogens is 1. The van der Waals surface area contributed by atoms with Gasteiger partial charge in [-0.15, -0.1) is 0 Å². The van der Waals surface area contributed by atoms with E-state index in [9.17, 15) is 9.59 Å². The summed E-state index contributed by atoms with van der Waals surface area (Å²) in [5.41, 5.74) is 2.76. The van der Waals surface area contributed by atoms with Gasteiger partial charge in [0.2, 0.25) is 11.8 Å². The standard InChI is InChI=1S/C18H17N3O2/c1-11-7-8-12(10-19-11)20-16(22)14-9-18(14)13-5-3-4-6-15(13)21(2)17(18)23/h3-8,10,14H,9H2,1-2H3,(H,20,22). The number of nitrogens with one attached hydrogen (secondary N) is 1. The highest BCUT2D eigenvalue weighted by atomic mass is 16.2. The molecule has 1 aromatic carbocycles. The number of amides is 2. The third-order valence-corrected chi connectivity index (χ3v) is 4.89. The number of nitrogens with zero attached hydrogens (tertiary/aromatic N) is 2. The van der Waals surface area contributed by atoms with Gasteiger partial charge in [0.25, 0.3) is 0 Å². The molecule has 2 amide bonds. The second-order valence-corrected chi connectivity index (χ2v) is 6.29. The van der Waals surface area contributed by atoms with E-state index < -0.39 is 5.41 Å². The van der Waals surface area contributed by atoms with Gasteiger partial charge >= 0.3 is 0 Å². The molecule has 5 nitrogen and oxygen atoms in total. The monoisotopic (exact) mass is 307 g/mol. The minimum absolute atomic E-state index is 0.0147. The third-order valence-electron chi connectivity index (χ3n) is 4.89. The van der Waals surface area contributed by atoms with Gasteiger partial charge in [-0.2, -0.15) is 0 Å². The zero-order valence-electron chi connectivity index (χ0n) is 13.0. The van der Waals surface area contributed by atoms with Crippen LogP contribution in [0.25, 0.3) is 0 Å². The van der Waals surface area contributed by atoms with Gasteiger partial charge in [0.05, 0.1) is 23.2 Å². The van der Waals surface area contributed by atoms with Gasteiger partial charge in [-0.3, -0.25) is 14.6 Å². The molecule has 2 aromatic rings. The van der Waals surface area contributed by atoms with Crippen LogP contribution < -0.4 is 10.2 Å². The van der Waals surface area contributed by atoms with Crippen LogP contribution in [0.3, 0.4) is 0 Å². The van der Waals surface area contributed by atoms with E-state index in [4.69, 9.17) is 0 Å². The molecule has 1 saturated carbocycles. The highest BCUT2D eigenvalue weighted by Gasteiger charge is 2.69. The maximum absolute atomic E-state index is 12.7. The van der Waals surface area contributed by atoms with Gasteiger partial charge in [0, 0.05) is 18.4 Å². The molecule has 1 fully saturated rings. The van der Waals surface area contributed by atoms with Crippen LogP contribution in [-0.4, -0.2) is 23.8 Å². The normalized spacial score (nSPS) is 24.7. The van der Waals surface area contributed by atoms with Crippen molar-refractivity contribution in [3.8, 4) is 0 Å². The lowest BCUT2D eigenvalue weighted by molar-refractivity contribution is -0.123. The van der Waals surface area contributed by atoms with Gasteiger partial charge in [0.1, 0.15) is 0 Å². The lowest BCUT2D eigenvalue weighted by Crippen LogP contribution is -2.32. The molecule has 2 unspecified atom stereocenters. The van der Waals surface area contributed by atoms with Gasteiger partial charge in [0.15, 0.2) is 0 Å². The first-order valence-electron chi connectivity index (χ1n) is 7.65. The second kappa shape index (κ2) is 4.65. The second-order valence-electron chi connectivity index (χ2n) is 6.29. The van der Waals surface area contributed by atoms with Crippen LogP contribution in [0.2, 0.25) is 0 Å². The summed E-state index contributed by atoms with van der Waals surface area (Å²) < 4.78 is 0. The number of hydrogen-bond donors (Lipinski definition) is 1. The maximum atomic E-state index is 12.7. The summed E-state index contributed by atoms with van der Waals surface area (Å²) in [5.74, 6) is -0.419. The number of carbonyl (C=O) groups excluding carboxylic acids is 2. The van der Waals surface area contributed by atoms with Gasteiger partial charge < -0.3 is 10.2 Å². The van der Waals surface area contributed by atoms with Crippen molar-refractivity contribution in [1.29, 1.82) is 0 Å². The summed E-state index contributed by atoms with van der Waals surface area (Å²) in [7, 11) is 1.77. The molecule has 2 heterocycles. The Morgan fingerprint density at radius 1 is 1.30 bits per heavy atom. The van der Waals surface area contributed by atoms with Crippen molar-refractivity contribution in [2.75, 3.05) is 17.3 Å². The van der Waals surface area contributed by atoms with Crippen molar-refractivity contribution < 1.29 is 9.59 Å². The topological polar surface area (TPSA) is 62.3 Å². The molecular weight excluding hydrogens is 290 g/mol. The molecule has 2 aliphatic rings. The summed E-state index contributed by atoms with van der Waals surface area (Å²) in [6.07, 6.45) is 2.21. The van der Waals surface area contributed by atoms with Crippen molar-refractivity contribution in [3.63, 3.8) is 0 Å². The highest BCUT2D eigenvalue weighted by Crippen LogP contribution is 2.61. The van der Waals surface area contributed by atoms with Gasteiger partial charge in [-0.1, -0.05) is 18.2 Å². The summed E-state index contributed by atoms with van der Waals surface area (Å²) in [5, 5.41) is 2.88. The van der Waals surface area contributed by atoms with E-state index in [0.717, 1.165) is 16.9 Å². The molecule has 1 spiro atoms. The fourth-order valence-electron chi connectivity index (χ4n) is 3.55. The summed E-state index contributed by atoms with van der Waals surface area (Å²) in [4.78, 5) is 31.1. The first kappa shape index (κ1) is 13.9. The largest absolute Gasteiger partial charge is 0.324 e. The number of carbonyl (C=O) groups is 2. The lowest BCUT2D eigenvalue weighted by Gasteiger charge is -2.11. The molecule has 116 valence electrons. The molecule has 5 heteroatoms. The third kappa shape index (κ3) is 1.89. The van der Waals surface area contributed by atoms with Gasteiger partial charge in [-0.05, 0) is 37.1 Å². The average molecular weight is 307 g/mol. The van der Waals surface area contributed by atoms with E-state index in [0.29, 0.717) is 12.1 Å². The Balaban J connectivity index is 1.60. The van der Waals surface area contributed by atoms with Crippen LogP contribution in [0.15, 0.2) is 42.6 Å².